The van der Waals surface area contributed by atoms with E-state index < -0.39 is 41.5 Å². The number of ether oxygens (including phenoxy) is 5. The van der Waals surface area contributed by atoms with Crippen LogP contribution < -0.4 is 0 Å². The molecule has 1 aliphatic rings. The SMILES string of the molecule is CCCCOC1COC[C@H](N(C(=O)OC(C)(C)C)C(=O)OC(C)(C)C)C(=O)OC(C)C1. The lowest BCUT2D eigenvalue weighted by molar-refractivity contribution is -0.156. The number of cyclic esters (lactones) is 1. The summed E-state index contributed by atoms with van der Waals surface area (Å²) in [5, 5.41) is 0. The van der Waals surface area contributed by atoms with Gasteiger partial charge in [0.2, 0.25) is 0 Å². The summed E-state index contributed by atoms with van der Waals surface area (Å²) in [5.41, 5.74) is -1.77. The average Bonchev–Trinajstić information content (AvgIpc) is 2.62. The van der Waals surface area contributed by atoms with Crippen molar-refractivity contribution in [3.8, 4) is 0 Å². The van der Waals surface area contributed by atoms with E-state index in [4.69, 9.17) is 23.7 Å². The molecule has 1 rings (SSSR count). The molecule has 0 aliphatic carbocycles. The minimum absolute atomic E-state index is 0.206. The van der Waals surface area contributed by atoms with E-state index >= 15 is 0 Å². The van der Waals surface area contributed by atoms with Crippen LogP contribution >= 0.6 is 0 Å². The van der Waals surface area contributed by atoms with Crippen molar-refractivity contribution < 1.29 is 38.1 Å². The molecule has 1 heterocycles. The summed E-state index contributed by atoms with van der Waals surface area (Å²) in [6, 6.07) is -1.35. The van der Waals surface area contributed by atoms with E-state index in [1.165, 1.54) is 0 Å². The first-order chi connectivity index (χ1) is 14.2. The summed E-state index contributed by atoms with van der Waals surface area (Å²) in [7, 11) is 0. The van der Waals surface area contributed by atoms with Crippen LogP contribution in [0, 0.1) is 0 Å². The van der Waals surface area contributed by atoms with Crippen molar-refractivity contribution in [3.05, 3.63) is 0 Å². The molecule has 31 heavy (non-hydrogen) atoms. The van der Waals surface area contributed by atoms with E-state index in [0.29, 0.717) is 17.9 Å². The van der Waals surface area contributed by atoms with Gasteiger partial charge in [0.1, 0.15) is 17.3 Å². The quantitative estimate of drug-likeness (QED) is 0.355. The second-order valence-corrected chi connectivity index (χ2v) is 9.71. The molecular weight excluding hydrogens is 406 g/mol. The molecule has 2 amide bonds. The van der Waals surface area contributed by atoms with Crippen molar-refractivity contribution in [1.29, 1.82) is 0 Å². The minimum atomic E-state index is -1.35. The van der Waals surface area contributed by atoms with Gasteiger partial charge < -0.3 is 23.7 Å². The van der Waals surface area contributed by atoms with Gasteiger partial charge in [0.15, 0.2) is 6.04 Å². The molecule has 1 fully saturated rings. The van der Waals surface area contributed by atoms with Gasteiger partial charge in [-0.1, -0.05) is 13.3 Å². The van der Waals surface area contributed by atoms with Crippen LogP contribution in [0.5, 0.6) is 0 Å². The second kappa shape index (κ2) is 11.7. The number of imide groups is 1. The fourth-order valence-electron chi connectivity index (χ4n) is 2.78. The Hall–Kier alpha value is -1.87. The van der Waals surface area contributed by atoms with E-state index in [0.717, 1.165) is 12.8 Å². The van der Waals surface area contributed by atoms with Crippen LogP contribution in [-0.4, -0.2) is 72.3 Å². The zero-order chi connectivity index (χ0) is 23.8. The number of nitrogens with zero attached hydrogens (tertiary/aromatic N) is 1. The van der Waals surface area contributed by atoms with Gasteiger partial charge in [0.25, 0.3) is 0 Å². The Morgan fingerprint density at radius 1 is 1.03 bits per heavy atom. The maximum Gasteiger partial charge on any atom is 0.420 e. The molecule has 0 aromatic heterocycles. The molecule has 2 unspecified atom stereocenters. The Bertz CT molecular complexity index is 580. The van der Waals surface area contributed by atoms with Crippen molar-refractivity contribution >= 4 is 18.2 Å². The fourth-order valence-corrected chi connectivity index (χ4v) is 2.78. The van der Waals surface area contributed by atoms with Crippen LogP contribution in [0.15, 0.2) is 0 Å². The van der Waals surface area contributed by atoms with E-state index in [1.54, 1.807) is 48.5 Å². The Balaban J connectivity index is 3.09. The summed E-state index contributed by atoms with van der Waals surface area (Å²) in [4.78, 5) is 39.2. The molecule has 180 valence electrons. The number of esters is 1. The van der Waals surface area contributed by atoms with Gasteiger partial charge in [-0.25, -0.2) is 14.4 Å². The van der Waals surface area contributed by atoms with Gasteiger partial charge in [-0.3, -0.25) is 0 Å². The highest BCUT2D eigenvalue weighted by Gasteiger charge is 2.42. The largest absolute Gasteiger partial charge is 0.461 e. The van der Waals surface area contributed by atoms with Gasteiger partial charge in [0, 0.05) is 13.0 Å². The maximum atomic E-state index is 12.9. The highest BCUT2D eigenvalue weighted by Crippen LogP contribution is 2.20. The molecule has 0 aromatic rings. The predicted molar refractivity (Wildman–Crippen MR) is 114 cm³/mol. The molecule has 1 saturated heterocycles. The fraction of sp³-hybridized carbons (Fsp3) is 0.864. The summed E-state index contributed by atoms with van der Waals surface area (Å²) in [6.45, 7) is 14.3. The van der Waals surface area contributed by atoms with Gasteiger partial charge in [-0.15, -0.1) is 0 Å². The molecule has 0 spiro atoms. The topological polar surface area (TPSA) is 101 Å². The van der Waals surface area contributed by atoms with Crippen LogP contribution in [0.4, 0.5) is 9.59 Å². The standard InChI is InChI=1S/C22H39NO8/c1-9-10-11-28-16-12-15(2)29-18(24)17(14-27-13-16)23(19(25)30-21(3,4)5)20(26)31-22(6,7)8/h15-17H,9-14H2,1-8H3/t15?,16?,17-/m0/s1. The van der Waals surface area contributed by atoms with Crippen molar-refractivity contribution in [2.24, 2.45) is 0 Å². The Morgan fingerprint density at radius 2 is 1.58 bits per heavy atom. The number of rotatable bonds is 5. The summed E-state index contributed by atoms with van der Waals surface area (Å²) in [5.74, 6) is -0.765. The molecule has 9 nitrogen and oxygen atoms in total. The highest BCUT2D eigenvalue weighted by atomic mass is 16.6. The lowest BCUT2D eigenvalue weighted by atomic mass is 10.2. The molecule has 0 saturated carbocycles. The zero-order valence-corrected chi connectivity index (χ0v) is 20.2. The maximum absolute atomic E-state index is 12.9. The smallest absolute Gasteiger partial charge is 0.420 e. The Kier molecular flexibility index (Phi) is 10.2. The van der Waals surface area contributed by atoms with Crippen LogP contribution in [0.25, 0.3) is 0 Å². The van der Waals surface area contributed by atoms with Crippen LogP contribution in [-0.2, 0) is 28.5 Å². The molecule has 9 heteroatoms. The second-order valence-electron chi connectivity index (χ2n) is 9.71. The third-order valence-electron chi connectivity index (χ3n) is 4.11. The third-order valence-corrected chi connectivity index (χ3v) is 4.11. The van der Waals surface area contributed by atoms with Crippen LogP contribution in [0.1, 0.15) is 74.7 Å². The number of amides is 2. The molecule has 0 radical (unpaired) electrons. The number of carbonyl (C=O) groups is 3. The number of hydrogen-bond donors (Lipinski definition) is 0. The Morgan fingerprint density at radius 3 is 2.06 bits per heavy atom. The first-order valence-electron chi connectivity index (χ1n) is 10.9. The molecule has 1 aliphatic heterocycles. The van der Waals surface area contributed by atoms with Gasteiger partial charge in [-0.2, -0.15) is 4.90 Å². The lowest BCUT2D eigenvalue weighted by Crippen LogP contribution is -2.54. The van der Waals surface area contributed by atoms with Crippen LogP contribution in [0.3, 0.4) is 0 Å². The molecule has 0 bridgehead atoms. The summed E-state index contributed by atoms with van der Waals surface area (Å²) >= 11 is 0. The van der Waals surface area contributed by atoms with Gasteiger partial charge in [-0.05, 0) is 54.9 Å². The average molecular weight is 446 g/mol. The van der Waals surface area contributed by atoms with Crippen molar-refractivity contribution in [1.82, 2.24) is 4.90 Å². The summed E-state index contributed by atoms with van der Waals surface area (Å²) < 4.78 is 27.7. The minimum Gasteiger partial charge on any atom is -0.461 e. The summed E-state index contributed by atoms with van der Waals surface area (Å²) in [6.07, 6.45) is -0.391. The predicted octanol–water partition coefficient (Wildman–Crippen LogP) is 4.06. The monoisotopic (exact) mass is 445 g/mol. The Labute approximate surface area is 185 Å². The van der Waals surface area contributed by atoms with Gasteiger partial charge in [0.05, 0.1) is 19.3 Å². The van der Waals surface area contributed by atoms with E-state index in [1.807, 2.05) is 0 Å². The molecule has 0 aromatic carbocycles. The van der Waals surface area contributed by atoms with Crippen LogP contribution in [0.2, 0.25) is 0 Å². The first kappa shape index (κ1) is 27.2. The van der Waals surface area contributed by atoms with Crippen molar-refractivity contribution in [2.45, 2.75) is 104 Å². The highest BCUT2D eigenvalue weighted by molar-refractivity contribution is 5.94. The van der Waals surface area contributed by atoms with Gasteiger partial charge >= 0.3 is 18.2 Å². The molecular formula is C22H39NO8. The van der Waals surface area contributed by atoms with E-state index in [2.05, 4.69) is 6.92 Å². The van der Waals surface area contributed by atoms with E-state index in [9.17, 15) is 14.4 Å². The van der Waals surface area contributed by atoms with Crippen molar-refractivity contribution in [2.75, 3.05) is 19.8 Å². The first-order valence-corrected chi connectivity index (χ1v) is 10.9. The third kappa shape index (κ3) is 10.3. The normalized spacial score (nSPS) is 23.1. The van der Waals surface area contributed by atoms with E-state index in [-0.39, 0.29) is 19.3 Å². The number of hydrogen-bond acceptors (Lipinski definition) is 8. The zero-order valence-electron chi connectivity index (χ0n) is 20.2. The number of unbranched alkanes of at least 4 members (excludes halogenated alkanes) is 1. The lowest BCUT2D eigenvalue weighted by Gasteiger charge is -2.32. The number of carbonyl (C=O) groups excluding carboxylic acids is 3. The molecule has 3 atom stereocenters. The molecule has 0 N–H and O–H groups in total. The van der Waals surface area contributed by atoms with Crippen molar-refractivity contribution in [3.63, 3.8) is 0 Å².